The number of nitrogens with zero attached hydrogens (tertiary/aromatic N) is 1. The third-order valence-corrected chi connectivity index (χ3v) is 7.94. The number of carbonyl (C=O) groups is 2. The van der Waals surface area contributed by atoms with Gasteiger partial charge < -0.3 is 20.1 Å². The zero-order valence-electron chi connectivity index (χ0n) is 20.6. The zero-order valence-corrected chi connectivity index (χ0v) is 22.2. The van der Waals surface area contributed by atoms with Gasteiger partial charge in [0.25, 0.3) is 0 Å². The Balaban J connectivity index is 1.64. The second kappa shape index (κ2) is 10.6. The maximum absolute atomic E-state index is 15.6. The first kappa shape index (κ1) is 28.6. The molecule has 0 aliphatic carbocycles. The lowest BCUT2D eigenvalue weighted by molar-refractivity contribution is -0.139. The van der Waals surface area contributed by atoms with E-state index in [0.717, 1.165) is 23.1 Å². The molecule has 1 atom stereocenters. The van der Waals surface area contributed by atoms with E-state index in [4.69, 9.17) is 11.6 Å². The number of alkyl halides is 3. The summed E-state index contributed by atoms with van der Waals surface area (Å²) in [5.74, 6) is -3.33. The van der Waals surface area contributed by atoms with E-state index in [0.29, 0.717) is 0 Å². The Hall–Kier alpha value is -3.43. The number of rotatable bonds is 5. The molecule has 0 bridgehead atoms. The number of halogens is 6. The first-order chi connectivity index (χ1) is 18.2. The van der Waals surface area contributed by atoms with Gasteiger partial charge in [-0.3, -0.25) is 4.79 Å². The average Bonchev–Trinajstić information content (AvgIpc) is 3.19. The molecule has 13 heteroatoms. The smallest absolute Gasteiger partial charge is 0.326 e. The van der Waals surface area contributed by atoms with Crippen LogP contribution in [0.3, 0.4) is 0 Å². The second-order valence-corrected chi connectivity index (χ2v) is 12.9. The summed E-state index contributed by atoms with van der Waals surface area (Å²) in [5, 5.41) is 4.83. The average molecular weight is 586 g/mol. The quantitative estimate of drug-likeness (QED) is 0.266. The predicted molar refractivity (Wildman–Crippen MR) is 140 cm³/mol. The summed E-state index contributed by atoms with van der Waals surface area (Å²) in [6.07, 6.45) is -5.25. The third-order valence-electron chi connectivity index (χ3n) is 6.16. The summed E-state index contributed by atoms with van der Waals surface area (Å²) in [4.78, 5) is 26.1. The summed E-state index contributed by atoms with van der Waals surface area (Å²) >= 11 is 5.67. The topological polar surface area (TPSA) is 78.5 Å². The van der Waals surface area contributed by atoms with Crippen LogP contribution in [0.25, 0.3) is 11.1 Å². The lowest BCUT2D eigenvalue weighted by atomic mass is 9.99. The number of nitrogens with one attached hydrogen (secondary N) is 2. The Morgan fingerprint density at radius 3 is 2.38 bits per heavy atom. The molecule has 4 rings (SSSR count). The van der Waals surface area contributed by atoms with Crippen LogP contribution in [0.15, 0.2) is 54.6 Å². The summed E-state index contributed by atoms with van der Waals surface area (Å²) < 4.78 is 84.8. The van der Waals surface area contributed by atoms with Crippen LogP contribution in [-0.4, -0.2) is 37.9 Å². The molecular weight excluding hydrogens is 564 g/mol. The molecule has 1 saturated heterocycles. The van der Waals surface area contributed by atoms with Crippen molar-refractivity contribution in [2.75, 3.05) is 30.1 Å². The minimum Gasteiger partial charge on any atom is -0.326 e. The van der Waals surface area contributed by atoms with Crippen LogP contribution in [0.1, 0.15) is 12.0 Å². The molecule has 1 unspecified atom stereocenters. The predicted octanol–water partition coefficient (Wildman–Crippen LogP) is 6.48. The Kier molecular flexibility index (Phi) is 7.78. The van der Waals surface area contributed by atoms with Gasteiger partial charge in [-0.2, -0.15) is 13.2 Å². The van der Waals surface area contributed by atoms with Gasteiger partial charge in [-0.25, -0.2) is 13.6 Å². The molecular formula is C26H22ClF5N3O3P. The molecule has 206 valence electrons. The van der Waals surface area contributed by atoms with E-state index in [9.17, 15) is 31.7 Å². The summed E-state index contributed by atoms with van der Waals surface area (Å²) in [7, 11) is -2.98. The van der Waals surface area contributed by atoms with E-state index in [-0.39, 0.29) is 34.5 Å². The second-order valence-electron chi connectivity index (χ2n) is 9.24. The van der Waals surface area contributed by atoms with Crippen LogP contribution >= 0.6 is 18.7 Å². The fraction of sp³-hybridized carbons (Fsp3) is 0.231. The highest BCUT2D eigenvalue weighted by molar-refractivity contribution is 7.70. The molecule has 0 spiro atoms. The molecule has 0 saturated carbocycles. The third kappa shape index (κ3) is 5.94. The summed E-state index contributed by atoms with van der Waals surface area (Å²) in [6, 6.07) is 9.30. The maximum Gasteiger partial charge on any atom is 0.421 e. The van der Waals surface area contributed by atoms with Gasteiger partial charge in [0, 0.05) is 22.4 Å². The Morgan fingerprint density at radius 1 is 1.05 bits per heavy atom. The Labute approximate surface area is 225 Å². The molecule has 3 amide bonds. The van der Waals surface area contributed by atoms with Gasteiger partial charge >= 0.3 is 12.2 Å². The number of benzene rings is 3. The number of carbonyl (C=O) groups excluding carboxylic acids is 2. The lowest BCUT2D eigenvalue weighted by Gasteiger charge is -2.24. The molecule has 2 N–H and O–H groups in total. The lowest BCUT2D eigenvalue weighted by Crippen LogP contribution is -2.43. The molecule has 1 aliphatic rings. The van der Waals surface area contributed by atoms with Crippen molar-refractivity contribution in [3.8, 4) is 11.1 Å². The van der Waals surface area contributed by atoms with Crippen LogP contribution < -0.4 is 20.8 Å². The van der Waals surface area contributed by atoms with Crippen molar-refractivity contribution >= 4 is 47.4 Å². The van der Waals surface area contributed by atoms with Crippen molar-refractivity contribution in [3.05, 3.63) is 76.8 Å². The molecule has 0 aromatic heterocycles. The van der Waals surface area contributed by atoms with Crippen molar-refractivity contribution < 1.29 is 36.1 Å². The SMILES string of the molecule is CP(C)(=O)c1ccccc1-c1ccc(N2CCC(NC(=O)Nc3ccc(Cl)cc3F)C2=O)c(C(F)(F)F)c1F. The Bertz CT molecular complexity index is 1510. The van der Waals surface area contributed by atoms with E-state index in [2.05, 4.69) is 10.6 Å². The number of hydrogen-bond donors (Lipinski definition) is 2. The first-order valence-electron chi connectivity index (χ1n) is 11.6. The minimum absolute atomic E-state index is 0.0544. The molecule has 6 nitrogen and oxygen atoms in total. The van der Waals surface area contributed by atoms with Crippen LogP contribution in [0, 0.1) is 11.6 Å². The minimum atomic E-state index is -5.18. The van der Waals surface area contributed by atoms with Gasteiger partial charge in [0.1, 0.15) is 30.4 Å². The summed E-state index contributed by atoms with van der Waals surface area (Å²) in [5.41, 5.74) is -2.94. The molecule has 39 heavy (non-hydrogen) atoms. The highest BCUT2D eigenvalue weighted by atomic mass is 35.5. The van der Waals surface area contributed by atoms with Gasteiger partial charge in [0.05, 0.1) is 11.4 Å². The van der Waals surface area contributed by atoms with Crippen molar-refractivity contribution in [2.24, 2.45) is 0 Å². The molecule has 0 radical (unpaired) electrons. The van der Waals surface area contributed by atoms with Gasteiger partial charge in [0.2, 0.25) is 5.91 Å². The van der Waals surface area contributed by atoms with E-state index < -0.39 is 59.7 Å². The van der Waals surface area contributed by atoms with Crippen molar-refractivity contribution in [3.63, 3.8) is 0 Å². The highest BCUT2D eigenvalue weighted by Crippen LogP contribution is 2.45. The highest BCUT2D eigenvalue weighted by Gasteiger charge is 2.43. The molecule has 3 aromatic rings. The standard InChI is InChI=1S/C26H22ClF5N3O3P/c1-39(2,38)21-6-4-3-5-15(21)16-8-10-20(22(23(16)29)26(30,31)32)35-12-11-19(24(35)36)34-25(37)33-18-9-7-14(27)13-17(18)28/h3-10,13,19H,11-12H2,1-2H3,(H2,33,34,37). The summed E-state index contributed by atoms with van der Waals surface area (Å²) in [6.45, 7) is 2.61. The molecule has 1 heterocycles. The van der Waals surface area contributed by atoms with E-state index in [1.807, 2.05) is 0 Å². The fourth-order valence-electron chi connectivity index (χ4n) is 4.40. The number of urea groups is 1. The van der Waals surface area contributed by atoms with Crippen molar-refractivity contribution in [1.29, 1.82) is 0 Å². The molecule has 3 aromatic carbocycles. The largest absolute Gasteiger partial charge is 0.421 e. The molecule has 1 fully saturated rings. The number of hydrogen-bond acceptors (Lipinski definition) is 3. The van der Waals surface area contributed by atoms with Crippen molar-refractivity contribution in [2.45, 2.75) is 18.6 Å². The maximum atomic E-state index is 15.6. The zero-order chi connectivity index (χ0) is 28.7. The van der Waals surface area contributed by atoms with Gasteiger partial charge in [-0.15, -0.1) is 0 Å². The van der Waals surface area contributed by atoms with E-state index in [1.165, 1.54) is 43.7 Å². The van der Waals surface area contributed by atoms with E-state index in [1.54, 1.807) is 6.07 Å². The molecule has 1 aliphatic heterocycles. The van der Waals surface area contributed by atoms with Crippen LogP contribution in [0.2, 0.25) is 5.02 Å². The normalized spacial score (nSPS) is 15.9. The van der Waals surface area contributed by atoms with Gasteiger partial charge in [0.15, 0.2) is 0 Å². The van der Waals surface area contributed by atoms with Crippen LogP contribution in [-0.2, 0) is 15.5 Å². The monoisotopic (exact) mass is 585 g/mol. The first-order valence-corrected chi connectivity index (χ1v) is 14.5. The number of anilines is 2. The van der Waals surface area contributed by atoms with Crippen molar-refractivity contribution in [1.82, 2.24) is 5.32 Å². The van der Waals surface area contributed by atoms with E-state index >= 15 is 4.39 Å². The van der Waals surface area contributed by atoms with Crippen LogP contribution in [0.4, 0.5) is 38.1 Å². The fourth-order valence-corrected chi connectivity index (χ4v) is 5.78. The van der Waals surface area contributed by atoms with Crippen LogP contribution in [0.5, 0.6) is 0 Å². The number of amides is 3. The Morgan fingerprint density at radius 2 is 1.74 bits per heavy atom. The van der Waals surface area contributed by atoms with Gasteiger partial charge in [-0.05, 0) is 55.6 Å². The van der Waals surface area contributed by atoms with Gasteiger partial charge in [-0.1, -0.05) is 35.9 Å².